The summed E-state index contributed by atoms with van der Waals surface area (Å²) >= 11 is 2.92. The molecule has 0 saturated carbocycles. The first-order valence-corrected chi connectivity index (χ1v) is 6.30. The van der Waals surface area contributed by atoms with Crippen molar-refractivity contribution < 1.29 is 14.1 Å². The van der Waals surface area contributed by atoms with Gasteiger partial charge in [-0.25, -0.2) is 4.39 Å². The molecule has 0 fully saturated rings. The Labute approximate surface area is 113 Å². The molecule has 7 heteroatoms. The maximum Gasteiger partial charge on any atom is 0.293 e. The Kier molecular flexibility index (Phi) is 6.00. The van der Waals surface area contributed by atoms with Crippen LogP contribution in [0.15, 0.2) is 16.6 Å². The summed E-state index contributed by atoms with van der Waals surface area (Å²) in [5.41, 5.74) is 0.0249. The molecule has 100 valence electrons. The van der Waals surface area contributed by atoms with Crippen LogP contribution in [0.3, 0.4) is 0 Å². The maximum atomic E-state index is 13.3. The van der Waals surface area contributed by atoms with E-state index in [9.17, 15) is 14.5 Å². The fourth-order valence-corrected chi connectivity index (χ4v) is 1.70. The predicted octanol–water partition coefficient (Wildman–Crippen LogP) is 3.33. The Morgan fingerprint density at radius 3 is 2.89 bits per heavy atom. The molecule has 0 aromatic heterocycles. The zero-order valence-corrected chi connectivity index (χ0v) is 11.5. The molecule has 18 heavy (non-hydrogen) atoms. The third-order valence-corrected chi connectivity index (χ3v) is 2.83. The van der Waals surface area contributed by atoms with Crippen molar-refractivity contribution in [1.29, 1.82) is 0 Å². The van der Waals surface area contributed by atoms with Gasteiger partial charge in [-0.15, -0.1) is 0 Å². The minimum absolute atomic E-state index is 0.0778. The molecule has 0 heterocycles. The van der Waals surface area contributed by atoms with Gasteiger partial charge in [0.05, 0.1) is 9.40 Å². The van der Waals surface area contributed by atoms with Crippen LogP contribution in [0, 0.1) is 15.9 Å². The van der Waals surface area contributed by atoms with Crippen LogP contribution in [-0.2, 0) is 4.74 Å². The number of ether oxygens (including phenoxy) is 1. The van der Waals surface area contributed by atoms with Crippen LogP contribution in [0.4, 0.5) is 15.8 Å². The van der Waals surface area contributed by atoms with Gasteiger partial charge in [0, 0.05) is 31.9 Å². The summed E-state index contributed by atoms with van der Waals surface area (Å²) in [6, 6.07) is 2.27. The fraction of sp³-hybridized carbons (Fsp3) is 0.455. The quantitative estimate of drug-likeness (QED) is 0.475. The maximum absolute atomic E-state index is 13.3. The highest BCUT2D eigenvalue weighted by Gasteiger charge is 2.16. The van der Waals surface area contributed by atoms with E-state index in [1.807, 2.05) is 6.92 Å². The Morgan fingerprint density at radius 1 is 1.56 bits per heavy atom. The van der Waals surface area contributed by atoms with Gasteiger partial charge in [-0.05, 0) is 29.3 Å². The number of nitro groups is 1. The Balaban J connectivity index is 2.68. The van der Waals surface area contributed by atoms with Gasteiger partial charge in [-0.3, -0.25) is 10.1 Å². The molecule has 0 bridgehead atoms. The number of hydrogen-bond donors (Lipinski definition) is 1. The summed E-state index contributed by atoms with van der Waals surface area (Å²) in [6.07, 6.45) is 0.697. The minimum Gasteiger partial charge on any atom is -0.382 e. The summed E-state index contributed by atoms with van der Waals surface area (Å²) in [7, 11) is 0. The molecule has 0 unspecified atom stereocenters. The van der Waals surface area contributed by atoms with Gasteiger partial charge in [0.25, 0.3) is 5.69 Å². The van der Waals surface area contributed by atoms with Gasteiger partial charge in [0.15, 0.2) is 0 Å². The molecule has 0 aliphatic heterocycles. The van der Waals surface area contributed by atoms with Crippen LogP contribution >= 0.6 is 15.9 Å². The van der Waals surface area contributed by atoms with Gasteiger partial charge in [0.1, 0.15) is 11.5 Å². The number of nitro benzene ring substituents is 1. The van der Waals surface area contributed by atoms with Crippen LogP contribution in [0.5, 0.6) is 0 Å². The number of benzene rings is 1. The Hall–Kier alpha value is -1.21. The Morgan fingerprint density at radius 2 is 2.28 bits per heavy atom. The molecule has 0 saturated heterocycles. The molecular weight excluding hydrogens is 307 g/mol. The number of nitrogens with one attached hydrogen (secondary N) is 1. The van der Waals surface area contributed by atoms with Crippen molar-refractivity contribution in [2.24, 2.45) is 0 Å². The van der Waals surface area contributed by atoms with E-state index >= 15 is 0 Å². The largest absolute Gasteiger partial charge is 0.382 e. The van der Waals surface area contributed by atoms with E-state index in [1.165, 1.54) is 0 Å². The summed E-state index contributed by atoms with van der Waals surface area (Å²) < 4.78 is 18.5. The van der Waals surface area contributed by atoms with Crippen molar-refractivity contribution >= 4 is 27.3 Å². The summed E-state index contributed by atoms with van der Waals surface area (Å²) in [5.74, 6) is -0.534. The Bertz CT molecular complexity index is 429. The van der Waals surface area contributed by atoms with Gasteiger partial charge in [0.2, 0.25) is 0 Å². The average Bonchev–Trinajstić information content (AvgIpc) is 2.32. The van der Waals surface area contributed by atoms with E-state index in [-0.39, 0.29) is 15.8 Å². The van der Waals surface area contributed by atoms with Gasteiger partial charge in [-0.2, -0.15) is 0 Å². The number of halogens is 2. The highest BCUT2D eigenvalue weighted by atomic mass is 79.9. The molecule has 0 aliphatic carbocycles. The average molecular weight is 321 g/mol. The van der Waals surface area contributed by atoms with Gasteiger partial charge < -0.3 is 10.1 Å². The topological polar surface area (TPSA) is 64.4 Å². The lowest BCUT2D eigenvalue weighted by Gasteiger charge is -2.08. The minimum atomic E-state index is -0.547. The van der Waals surface area contributed by atoms with E-state index in [2.05, 4.69) is 21.2 Å². The second-order valence-corrected chi connectivity index (χ2v) is 4.37. The van der Waals surface area contributed by atoms with E-state index < -0.39 is 10.7 Å². The molecule has 1 N–H and O–H groups in total. The highest BCUT2D eigenvalue weighted by Crippen LogP contribution is 2.30. The molecule has 1 aromatic rings. The standard InChI is InChI=1S/C11H14BrFN2O3/c1-2-18-5-3-4-14-10-7-9(13)8(12)6-11(10)15(16)17/h6-7,14H,2-5H2,1H3. The molecule has 5 nitrogen and oxygen atoms in total. The van der Waals surface area contributed by atoms with Crippen LogP contribution in [-0.4, -0.2) is 24.7 Å². The van der Waals surface area contributed by atoms with Crippen molar-refractivity contribution in [3.8, 4) is 0 Å². The molecule has 1 rings (SSSR count). The first-order valence-electron chi connectivity index (χ1n) is 5.51. The SMILES string of the molecule is CCOCCCNc1cc(F)c(Br)cc1[N+](=O)[O-]. The van der Waals surface area contributed by atoms with E-state index in [4.69, 9.17) is 4.74 Å². The van der Waals surface area contributed by atoms with E-state index in [0.717, 1.165) is 12.1 Å². The smallest absolute Gasteiger partial charge is 0.293 e. The normalized spacial score (nSPS) is 10.4. The molecule has 0 amide bonds. The number of anilines is 1. The summed E-state index contributed by atoms with van der Waals surface area (Å²) in [5, 5.41) is 13.7. The molecule has 0 radical (unpaired) electrons. The lowest BCUT2D eigenvalue weighted by atomic mass is 10.2. The molecule has 0 aliphatic rings. The predicted molar refractivity (Wildman–Crippen MR) is 70.4 cm³/mol. The molecular formula is C11H14BrFN2O3. The third-order valence-electron chi connectivity index (χ3n) is 2.22. The van der Waals surface area contributed by atoms with Crippen molar-refractivity contribution in [3.05, 3.63) is 32.5 Å². The number of nitrogens with zero attached hydrogens (tertiary/aromatic N) is 1. The zero-order valence-electron chi connectivity index (χ0n) is 9.91. The van der Waals surface area contributed by atoms with Crippen molar-refractivity contribution in [2.45, 2.75) is 13.3 Å². The van der Waals surface area contributed by atoms with Crippen molar-refractivity contribution in [3.63, 3.8) is 0 Å². The number of hydrogen-bond acceptors (Lipinski definition) is 4. The van der Waals surface area contributed by atoms with Crippen LogP contribution in [0.1, 0.15) is 13.3 Å². The summed E-state index contributed by atoms with van der Waals surface area (Å²) in [4.78, 5) is 10.3. The lowest BCUT2D eigenvalue weighted by molar-refractivity contribution is -0.384. The number of rotatable bonds is 7. The first-order chi connectivity index (χ1) is 8.56. The lowest BCUT2D eigenvalue weighted by Crippen LogP contribution is -2.07. The third kappa shape index (κ3) is 4.23. The highest BCUT2D eigenvalue weighted by molar-refractivity contribution is 9.10. The molecule has 0 atom stereocenters. The van der Waals surface area contributed by atoms with Crippen molar-refractivity contribution in [2.75, 3.05) is 25.1 Å². The fourth-order valence-electron chi connectivity index (χ4n) is 1.37. The second kappa shape index (κ2) is 7.27. The van der Waals surface area contributed by atoms with Crippen LogP contribution in [0.2, 0.25) is 0 Å². The molecule has 0 spiro atoms. The van der Waals surface area contributed by atoms with Gasteiger partial charge >= 0.3 is 0 Å². The van der Waals surface area contributed by atoms with E-state index in [1.54, 1.807) is 0 Å². The second-order valence-electron chi connectivity index (χ2n) is 3.52. The van der Waals surface area contributed by atoms with Gasteiger partial charge in [-0.1, -0.05) is 0 Å². The van der Waals surface area contributed by atoms with E-state index in [0.29, 0.717) is 26.2 Å². The summed E-state index contributed by atoms with van der Waals surface area (Å²) in [6.45, 7) is 3.58. The zero-order chi connectivity index (χ0) is 13.5. The molecule has 1 aromatic carbocycles. The first kappa shape index (κ1) is 14.8. The van der Waals surface area contributed by atoms with Crippen LogP contribution < -0.4 is 5.32 Å². The monoisotopic (exact) mass is 320 g/mol. The van der Waals surface area contributed by atoms with Crippen LogP contribution in [0.25, 0.3) is 0 Å². The van der Waals surface area contributed by atoms with Crippen molar-refractivity contribution in [1.82, 2.24) is 0 Å².